The van der Waals surface area contributed by atoms with E-state index in [1.807, 2.05) is 109 Å². The van der Waals surface area contributed by atoms with Gasteiger partial charge in [-0.25, -0.2) is 12.4 Å². The van der Waals surface area contributed by atoms with Crippen LogP contribution < -0.4 is 0 Å². The van der Waals surface area contributed by atoms with Crippen molar-refractivity contribution in [3.05, 3.63) is 174 Å². The first-order valence-electron chi connectivity index (χ1n) is 17.7. The second-order valence-corrected chi connectivity index (χ2v) is 15.0. The van der Waals surface area contributed by atoms with E-state index in [1.165, 1.54) is 3.97 Å². The van der Waals surface area contributed by atoms with E-state index in [1.54, 1.807) is 42.6 Å². The van der Waals surface area contributed by atoms with E-state index in [4.69, 9.17) is 18.9 Å². The van der Waals surface area contributed by atoms with Crippen LogP contribution in [0.15, 0.2) is 157 Å². The molecule has 10 heteroatoms. The van der Waals surface area contributed by atoms with Gasteiger partial charge in [0.2, 0.25) is 0 Å². The van der Waals surface area contributed by atoms with Gasteiger partial charge in [-0.05, 0) is 53.3 Å². The highest BCUT2D eigenvalue weighted by molar-refractivity contribution is 7.90. The van der Waals surface area contributed by atoms with Crippen LogP contribution in [0.2, 0.25) is 0 Å². The second-order valence-electron chi connectivity index (χ2n) is 13.2. The van der Waals surface area contributed by atoms with Crippen LogP contribution in [0.4, 0.5) is 0 Å². The lowest BCUT2D eigenvalue weighted by molar-refractivity contribution is -0.359. The van der Waals surface area contributed by atoms with Gasteiger partial charge >= 0.3 is 0 Å². The van der Waals surface area contributed by atoms with Gasteiger partial charge in [-0.2, -0.15) is 0 Å². The lowest BCUT2D eigenvalue weighted by Crippen LogP contribution is -2.69. The quantitative estimate of drug-likeness (QED) is 0.121. The van der Waals surface area contributed by atoms with E-state index < -0.39 is 46.8 Å². The molecule has 9 nitrogen and oxygen atoms in total. The number of hydrogen-bond acceptors (Lipinski definition) is 8. The number of para-hydroxylation sites is 1. The number of ether oxygens (including phenoxy) is 4. The molecule has 2 N–H and O–H groups in total. The third-order valence-corrected chi connectivity index (χ3v) is 11.5. The molecule has 1 fully saturated rings. The van der Waals surface area contributed by atoms with Gasteiger partial charge in [-0.3, -0.25) is 0 Å². The molecule has 0 aliphatic carbocycles. The number of hydrogen-bond donors (Lipinski definition) is 2. The third-order valence-electron chi connectivity index (χ3n) is 9.80. The summed E-state index contributed by atoms with van der Waals surface area (Å²) >= 11 is 0. The zero-order valence-corrected chi connectivity index (χ0v) is 30.0. The van der Waals surface area contributed by atoms with Crippen LogP contribution in [-0.4, -0.2) is 59.4 Å². The van der Waals surface area contributed by atoms with Gasteiger partial charge in [0.1, 0.15) is 23.9 Å². The molecule has 53 heavy (non-hydrogen) atoms. The molecule has 0 spiro atoms. The first-order chi connectivity index (χ1) is 25.9. The molecule has 274 valence electrons. The number of aliphatic hydroxyl groups excluding tert-OH is 2. The fraction of sp³-hybridized carbons (Fsp3) is 0.256. The Morgan fingerprint density at radius 1 is 0.679 bits per heavy atom. The van der Waals surface area contributed by atoms with Gasteiger partial charge in [-0.15, -0.1) is 0 Å². The minimum Gasteiger partial charge on any atom is -0.394 e. The molecule has 0 unspecified atom stereocenters. The summed E-state index contributed by atoms with van der Waals surface area (Å²) in [6.45, 7) is 0.0615. The van der Waals surface area contributed by atoms with Crippen LogP contribution in [0.1, 0.15) is 28.7 Å². The van der Waals surface area contributed by atoms with E-state index in [9.17, 15) is 18.6 Å². The minimum atomic E-state index is -3.92. The molecule has 1 saturated heterocycles. The van der Waals surface area contributed by atoms with E-state index in [0.29, 0.717) is 5.52 Å². The average Bonchev–Trinajstić information content (AvgIpc) is 3.59. The second kappa shape index (κ2) is 16.6. The molecule has 7 rings (SSSR count). The molecule has 0 saturated carbocycles. The fourth-order valence-corrected chi connectivity index (χ4v) is 8.42. The van der Waals surface area contributed by atoms with Crippen LogP contribution in [0, 0.1) is 0 Å². The molecule has 0 bridgehead atoms. The first-order valence-corrected chi connectivity index (χ1v) is 19.2. The maximum Gasteiger partial charge on any atom is 0.268 e. The molecule has 1 aromatic heterocycles. The average molecular weight is 734 g/mol. The third kappa shape index (κ3) is 8.00. The van der Waals surface area contributed by atoms with E-state index in [0.717, 1.165) is 27.6 Å². The molecule has 2 heterocycles. The number of aromatic nitrogens is 1. The highest BCUT2D eigenvalue weighted by Gasteiger charge is 2.58. The van der Waals surface area contributed by atoms with Gasteiger partial charge in [0.15, 0.2) is 6.29 Å². The molecule has 1 aliphatic heterocycles. The van der Waals surface area contributed by atoms with Crippen molar-refractivity contribution < 1.29 is 37.6 Å². The summed E-state index contributed by atoms with van der Waals surface area (Å²) in [6, 6.07) is 44.7. The smallest absolute Gasteiger partial charge is 0.268 e. The summed E-state index contributed by atoms with van der Waals surface area (Å²) in [5.41, 5.74) is 2.44. The minimum absolute atomic E-state index is 0.117. The molecule has 6 aromatic rings. The Labute approximate surface area is 310 Å². The van der Waals surface area contributed by atoms with Gasteiger partial charge in [0.25, 0.3) is 10.0 Å². The van der Waals surface area contributed by atoms with E-state index in [2.05, 4.69) is 0 Å². The van der Waals surface area contributed by atoms with Crippen LogP contribution >= 0.6 is 0 Å². The molecular weight excluding hydrogens is 691 g/mol. The van der Waals surface area contributed by atoms with Crippen molar-refractivity contribution in [1.82, 2.24) is 3.97 Å². The van der Waals surface area contributed by atoms with E-state index >= 15 is 0 Å². The van der Waals surface area contributed by atoms with Gasteiger partial charge < -0.3 is 29.2 Å². The largest absolute Gasteiger partial charge is 0.394 e. The Bertz CT molecular complexity index is 2160. The van der Waals surface area contributed by atoms with Crippen molar-refractivity contribution in [2.45, 2.75) is 67.8 Å². The summed E-state index contributed by atoms with van der Waals surface area (Å²) < 4.78 is 55.5. The van der Waals surface area contributed by atoms with Crippen LogP contribution in [0.3, 0.4) is 0 Å². The molecule has 5 aromatic carbocycles. The fourth-order valence-electron chi connectivity index (χ4n) is 7.01. The number of rotatable bonds is 15. The van der Waals surface area contributed by atoms with Crippen LogP contribution in [0.25, 0.3) is 10.9 Å². The summed E-state index contributed by atoms with van der Waals surface area (Å²) in [7, 11) is -3.92. The predicted molar refractivity (Wildman–Crippen MR) is 201 cm³/mol. The Kier molecular flexibility index (Phi) is 11.5. The van der Waals surface area contributed by atoms with Crippen LogP contribution in [-0.2, 0) is 55.2 Å². The van der Waals surface area contributed by atoms with Gasteiger partial charge in [0.05, 0.1) is 36.8 Å². The lowest BCUT2D eigenvalue weighted by Gasteiger charge is -2.52. The number of benzene rings is 5. The molecule has 1 aliphatic rings. The Hall–Kier alpha value is -4.65. The normalized spacial score (nSPS) is 21.8. The summed E-state index contributed by atoms with van der Waals surface area (Å²) in [4.78, 5) is 0.175. The van der Waals surface area contributed by atoms with Crippen molar-refractivity contribution in [2.75, 3.05) is 6.61 Å². The van der Waals surface area contributed by atoms with Crippen molar-refractivity contribution in [3.63, 3.8) is 0 Å². The predicted octanol–water partition coefficient (Wildman–Crippen LogP) is 6.65. The Morgan fingerprint density at radius 3 is 1.81 bits per heavy atom. The summed E-state index contributed by atoms with van der Waals surface area (Å²) in [5, 5.41) is 23.4. The highest BCUT2D eigenvalue weighted by atomic mass is 32.2. The zero-order valence-electron chi connectivity index (χ0n) is 29.2. The topological polar surface area (TPSA) is 116 Å². The number of aliphatic hydroxyl groups is 2. The molecule has 5 atom stereocenters. The maximum absolute atomic E-state index is 13.9. The number of aryl methyl sites for hydroxylation is 1. The Morgan fingerprint density at radius 2 is 1.21 bits per heavy atom. The van der Waals surface area contributed by atoms with Crippen molar-refractivity contribution in [2.24, 2.45) is 0 Å². The Balaban J connectivity index is 1.30. The van der Waals surface area contributed by atoms with Crippen molar-refractivity contribution >= 4 is 20.9 Å². The SMILES string of the molecule is O=S(=O)(c1ccccc1)n1cc(CC[C@]2(OCc3ccccc3)[C@H](O)O[C@H](CO)[C@@H](OCc3ccccc3)[C@@H]2OCc2ccccc2)c2ccccc21. The highest BCUT2D eigenvalue weighted by Crippen LogP contribution is 2.41. The van der Waals surface area contributed by atoms with Gasteiger partial charge in [-0.1, -0.05) is 127 Å². The van der Waals surface area contributed by atoms with Gasteiger partial charge in [0, 0.05) is 11.6 Å². The van der Waals surface area contributed by atoms with Crippen LogP contribution in [0.5, 0.6) is 0 Å². The zero-order chi connectivity index (χ0) is 36.7. The maximum atomic E-state index is 13.9. The standard InChI is InChI=1S/C43H43NO8S/c45-28-39-40(49-29-32-15-5-1-6-16-32)41(50-30-33-17-7-2-8-18-33)43(42(46)52-39,51-31-34-19-9-3-10-20-34)26-25-35-27-44(38-24-14-13-23-37(35)38)53(47,48)36-21-11-4-12-22-36/h1-24,27,39-42,45-46H,25-26,28-31H2/t39-,40-,41+,42-,43-/m1/s1. The molecular formula is C43H43NO8S. The number of fused-ring (bicyclic) bond motifs is 1. The molecule has 0 amide bonds. The summed E-state index contributed by atoms with van der Waals surface area (Å²) in [5.74, 6) is 0. The first kappa shape index (κ1) is 36.7. The number of nitrogens with zero attached hydrogens (tertiary/aromatic N) is 1. The lowest BCUT2D eigenvalue weighted by atomic mass is 9.81. The monoisotopic (exact) mass is 733 g/mol. The van der Waals surface area contributed by atoms with E-state index in [-0.39, 0.29) is 37.6 Å². The molecule has 0 radical (unpaired) electrons. The van der Waals surface area contributed by atoms with Crippen molar-refractivity contribution in [1.29, 1.82) is 0 Å². The summed E-state index contributed by atoms with van der Waals surface area (Å²) in [6.07, 6.45) is -2.17. The van der Waals surface area contributed by atoms with Crippen molar-refractivity contribution in [3.8, 4) is 0 Å².